The first-order valence-corrected chi connectivity index (χ1v) is 8.96. The van der Waals surface area contributed by atoms with Crippen LogP contribution in [0.3, 0.4) is 0 Å². The Hall–Kier alpha value is -0.0800. The highest BCUT2D eigenvalue weighted by molar-refractivity contribution is 4.94. The number of likely N-dealkylation sites (N-methyl/N-ethyl adjacent to an activating group) is 2. The number of hydrogen-bond donors (Lipinski definition) is 1. The normalized spacial score (nSPS) is 15.6. The Morgan fingerprint density at radius 2 is 1.60 bits per heavy atom. The van der Waals surface area contributed by atoms with Crippen LogP contribution in [0.4, 0.5) is 0 Å². The van der Waals surface area contributed by atoms with E-state index in [1.165, 1.54) is 32.1 Å². The Labute approximate surface area is 128 Å². The standard InChI is InChI=1S/C18H40N2/c1-8-13-14-16(9-2)15-17(19-10-3)18(6,7)20(11-4)12-5/h16-17,19H,8-15H2,1-7H3. The minimum absolute atomic E-state index is 0.235. The largest absolute Gasteiger partial charge is 0.312 e. The Balaban J connectivity index is 4.82. The second-order valence-corrected chi connectivity index (χ2v) is 6.59. The average Bonchev–Trinajstić information content (AvgIpc) is 2.43. The molecule has 122 valence electrons. The molecular formula is C18H40N2. The zero-order valence-electron chi connectivity index (χ0n) is 15.3. The van der Waals surface area contributed by atoms with Gasteiger partial charge in [0.05, 0.1) is 0 Å². The van der Waals surface area contributed by atoms with Crippen LogP contribution in [0.2, 0.25) is 0 Å². The summed E-state index contributed by atoms with van der Waals surface area (Å²) in [5.41, 5.74) is 0.235. The molecule has 0 aromatic carbocycles. The summed E-state index contributed by atoms with van der Waals surface area (Å²) >= 11 is 0. The van der Waals surface area contributed by atoms with Gasteiger partial charge in [-0.15, -0.1) is 0 Å². The van der Waals surface area contributed by atoms with Gasteiger partial charge < -0.3 is 5.32 Å². The van der Waals surface area contributed by atoms with E-state index in [1.807, 2.05) is 0 Å². The maximum Gasteiger partial charge on any atom is 0.0306 e. The zero-order chi connectivity index (χ0) is 15.6. The van der Waals surface area contributed by atoms with Gasteiger partial charge in [0, 0.05) is 11.6 Å². The third-order valence-corrected chi connectivity index (χ3v) is 4.99. The molecule has 0 aliphatic carbocycles. The Morgan fingerprint density at radius 1 is 1.00 bits per heavy atom. The van der Waals surface area contributed by atoms with E-state index in [1.54, 1.807) is 0 Å². The van der Waals surface area contributed by atoms with E-state index in [4.69, 9.17) is 0 Å². The van der Waals surface area contributed by atoms with Crippen LogP contribution < -0.4 is 5.32 Å². The molecule has 0 spiro atoms. The molecule has 20 heavy (non-hydrogen) atoms. The fraction of sp³-hybridized carbons (Fsp3) is 1.00. The van der Waals surface area contributed by atoms with Gasteiger partial charge in [-0.25, -0.2) is 0 Å². The molecule has 0 radical (unpaired) electrons. The van der Waals surface area contributed by atoms with Crippen molar-refractivity contribution in [2.75, 3.05) is 19.6 Å². The van der Waals surface area contributed by atoms with E-state index in [-0.39, 0.29) is 5.54 Å². The topological polar surface area (TPSA) is 15.3 Å². The highest BCUT2D eigenvalue weighted by atomic mass is 15.2. The van der Waals surface area contributed by atoms with Gasteiger partial charge in [0.25, 0.3) is 0 Å². The summed E-state index contributed by atoms with van der Waals surface area (Å²) in [6.07, 6.45) is 6.72. The smallest absolute Gasteiger partial charge is 0.0306 e. The molecule has 1 N–H and O–H groups in total. The number of nitrogens with one attached hydrogen (secondary N) is 1. The third-order valence-electron chi connectivity index (χ3n) is 4.99. The van der Waals surface area contributed by atoms with Crippen LogP contribution in [-0.4, -0.2) is 36.1 Å². The minimum Gasteiger partial charge on any atom is -0.312 e. The highest BCUT2D eigenvalue weighted by Gasteiger charge is 2.34. The molecule has 0 saturated carbocycles. The van der Waals surface area contributed by atoms with Crippen molar-refractivity contribution in [3.05, 3.63) is 0 Å². The van der Waals surface area contributed by atoms with Gasteiger partial charge in [-0.05, 0) is 45.8 Å². The quantitative estimate of drug-likeness (QED) is 0.559. The lowest BCUT2D eigenvalue weighted by atomic mass is 9.82. The van der Waals surface area contributed by atoms with Crippen LogP contribution in [0.1, 0.15) is 80.6 Å². The lowest BCUT2D eigenvalue weighted by Crippen LogP contribution is -2.58. The van der Waals surface area contributed by atoms with E-state index in [0.717, 1.165) is 25.6 Å². The molecule has 0 amide bonds. The molecule has 2 unspecified atom stereocenters. The molecule has 0 aromatic heterocycles. The summed E-state index contributed by atoms with van der Waals surface area (Å²) in [6.45, 7) is 19.6. The SMILES string of the molecule is CCCCC(CC)CC(NCC)C(C)(C)N(CC)CC. The van der Waals surface area contributed by atoms with Crippen molar-refractivity contribution in [3.63, 3.8) is 0 Å². The van der Waals surface area contributed by atoms with Crippen LogP contribution in [0, 0.1) is 5.92 Å². The Bertz CT molecular complexity index is 221. The maximum absolute atomic E-state index is 3.77. The molecule has 0 aromatic rings. The van der Waals surface area contributed by atoms with Crippen LogP contribution in [0.25, 0.3) is 0 Å². The summed E-state index contributed by atoms with van der Waals surface area (Å²) in [5, 5.41) is 3.77. The number of rotatable bonds is 12. The number of hydrogen-bond acceptors (Lipinski definition) is 2. The summed E-state index contributed by atoms with van der Waals surface area (Å²) in [4.78, 5) is 2.60. The lowest BCUT2D eigenvalue weighted by molar-refractivity contribution is 0.0791. The van der Waals surface area contributed by atoms with Gasteiger partial charge >= 0.3 is 0 Å². The van der Waals surface area contributed by atoms with E-state index < -0.39 is 0 Å². The third kappa shape index (κ3) is 6.13. The molecule has 0 rings (SSSR count). The monoisotopic (exact) mass is 284 g/mol. The molecule has 2 nitrogen and oxygen atoms in total. The van der Waals surface area contributed by atoms with E-state index in [2.05, 4.69) is 58.7 Å². The number of nitrogens with zero attached hydrogens (tertiary/aromatic N) is 1. The highest BCUT2D eigenvalue weighted by Crippen LogP contribution is 2.27. The molecule has 0 fully saturated rings. The zero-order valence-corrected chi connectivity index (χ0v) is 15.3. The van der Waals surface area contributed by atoms with Crippen LogP contribution in [0.5, 0.6) is 0 Å². The summed E-state index contributed by atoms with van der Waals surface area (Å²) in [5.74, 6) is 0.869. The van der Waals surface area contributed by atoms with Crippen molar-refractivity contribution in [1.82, 2.24) is 10.2 Å². The van der Waals surface area contributed by atoms with Crippen molar-refractivity contribution in [2.24, 2.45) is 5.92 Å². The second-order valence-electron chi connectivity index (χ2n) is 6.59. The minimum atomic E-state index is 0.235. The van der Waals surface area contributed by atoms with E-state index in [0.29, 0.717) is 6.04 Å². The van der Waals surface area contributed by atoms with Crippen molar-refractivity contribution in [1.29, 1.82) is 0 Å². The van der Waals surface area contributed by atoms with E-state index in [9.17, 15) is 0 Å². The summed E-state index contributed by atoms with van der Waals surface area (Å²) < 4.78 is 0. The fourth-order valence-electron chi connectivity index (χ4n) is 3.44. The van der Waals surface area contributed by atoms with Gasteiger partial charge in [0.2, 0.25) is 0 Å². The molecular weight excluding hydrogens is 244 g/mol. The predicted octanol–water partition coefficient (Wildman–Crippen LogP) is 4.69. The Kier molecular flexibility index (Phi) is 10.6. The molecule has 0 saturated heterocycles. The molecule has 0 aliphatic rings. The van der Waals surface area contributed by atoms with Gasteiger partial charge in [-0.2, -0.15) is 0 Å². The molecule has 0 aliphatic heterocycles. The molecule has 2 atom stereocenters. The maximum atomic E-state index is 3.77. The fourth-order valence-corrected chi connectivity index (χ4v) is 3.44. The first-order chi connectivity index (χ1) is 9.47. The summed E-state index contributed by atoms with van der Waals surface area (Å²) in [7, 11) is 0. The van der Waals surface area contributed by atoms with Gasteiger partial charge in [-0.1, -0.05) is 60.3 Å². The summed E-state index contributed by atoms with van der Waals surface area (Å²) in [6, 6.07) is 0.592. The average molecular weight is 285 g/mol. The molecule has 0 bridgehead atoms. The van der Waals surface area contributed by atoms with E-state index >= 15 is 0 Å². The van der Waals surface area contributed by atoms with Crippen molar-refractivity contribution < 1.29 is 0 Å². The van der Waals surface area contributed by atoms with Crippen molar-refractivity contribution >= 4 is 0 Å². The van der Waals surface area contributed by atoms with Gasteiger partial charge in [-0.3, -0.25) is 4.90 Å². The van der Waals surface area contributed by atoms with Crippen molar-refractivity contribution in [2.45, 2.75) is 92.2 Å². The van der Waals surface area contributed by atoms with Crippen LogP contribution in [0.15, 0.2) is 0 Å². The van der Waals surface area contributed by atoms with Gasteiger partial charge in [0.15, 0.2) is 0 Å². The first-order valence-electron chi connectivity index (χ1n) is 8.96. The second kappa shape index (κ2) is 10.6. The molecule has 0 heterocycles. The van der Waals surface area contributed by atoms with Crippen LogP contribution >= 0.6 is 0 Å². The van der Waals surface area contributed by atoms with Crippen molar-refractivity contribution in [3.8, 4) is 0 Å². The molecule has 2 heteroatoms. The number of unbranched alkanes of at least 4 members (excludes halogenated alkanes) is 1. The lowest BCUT2D eigenvalue weighted by Gasteiger charge is -2.45. The van der Waals surface area contributed by atoms with Crippen LogP contribution in [-0.2, 0) is 0 Å². The predicted molar refractivity (Wildman–Crippen MR) is 92.4 cm³/mol. The van der Waals surface area contributed by atoms with Gasteiger partial charge in [0.1, 0.15) is 0 Å². The Morgan fingerprint density at radius 3 is 2.00 bits per heavy atom. The first kappa shape index (κ1) is 19.9.